The Hall–Kier alpha value is -1.09. The van der Waals surface area contributed by atoms with E-state index in [1.807, 2.05) is 0 Å². The van der Waals surface area contributed by atoms with Gasteiger partial charge in [-0.25, -0.2) is 9.18 Å². The van der Waals surface area contributed by atoms with E-state index in [9.17, 15) is 9.18 Å². The minimum atomic E-state index is -0.532. The Labute approximate surface area is 93.0 Å². The molecule has 0 aliphatic heterocycles. The maximum absolute atomic E-state index is 13.0. The number of benzene rings is 1. The second-order valence-electron chi connectivity index (χ2n) is 3.44. The highest BCUT2D eigenvalue weighted by Gasteiger charge is 2.11. The van der Waals surface area contributed by atoms with Gasteiger partial charge in [-0.15, -0.1) is 11.6 Å². The van der Waals surface area contributed by atoms with Crippen LogP contribution in [0.2, 0.25) is 0 Å². The van der Waals surface area contributed by atoms with Crippen LogP contribution in [0.5, 0.6) is 0 Å². The Balaban J connectivity index is 2.93. The second-order valence-corrected chi connectivity index (χ2v) is 3.70. The van der Waals surface area contributed by atoms with Gasteiger partial charge >= 0.3 is 5.97 Å². The number of hydrogen-bond acceptors (Lipinski definition) is 2. The van der Waals surface area contributed by atoms with E-state index in [1.165, 1.54) is 12.1 Å². The van der Waals surface area contributed by atoms with E-state index in [1.54, 1.807) is 13.8 Å². The standard InChI is InChI=1S/C11H12ClFO2/c1-7(2)15-11(14)9-3-8(6-12)4-10(13)5-9/h3-5,7H,6H2,1-2H3. The highest BCUT2D eigenvalue weighted by molar-refractivity contribution is 6.17. The lowest BCUT2D eigenvalue weighted by Crippen LogP contribution is -2.12. The van der Waals surface area contributed by atoms with Gasteiger partial charge in [0.05, 0.1) is 11.7 Å². The van der Waals surface area contributed by atoms with Crippen molar-refractivity contribution in [3.05, 3.63) is 35.1 Å². The Morgan fingerprint density at radius 3 is 2.67 bits per heavy atom. The van der Waals surface area contributed by atoms with Gasteiger partial charge in [-0.2, -0.15) is 0 Å². The van der Waals surface area contributed by atoms with E-state index in [-0.39, 0.29) is 17.5 Å². The first-order chi connectivity index (χ1) is 7.02. The van der Waals surface area contributed by atoms with Gasteiger partial charge in [0.1, 0.15) is 5.82 Å². The molecule has 0 spiro atoms. The molecule has 0 aliphatic carbocycles. The molecule has 0 radical (unpaired) electrons. The Kier molecular flexibility index (Phi) is 4.09. The van der Waals surface area contributed by atoms with Crippen molar-refractivity contribution in [2.24, 2.45) is 0 Å². The fraction of sp³-hybridized carbons (Fsp3) is 0.364. The van der Waals surface area contributed by atoms with Crippen LogP contribution < -0.4 is 0 Å². The van der Waals surface area contributed by atoms with Gasteiger partial charge in [0.2, 0.25) is 0 Å². The third kappa shape index (κ3) is 3.51. The average Bonchev–Trinajstić information content (AvgIpc) is 2.15. The molecule has 2 nitrogen and oxygen atoms in total. The molecule has 0 atom stereocenters. The van der Waals surface area contributed by atoms with Crippen LogP contribution in [0.4, 0.5) is 4.39 Å². The SMILES string of the molecule is CC(C)OC(=O)c1cc(F)cc(CCl)c1. The molecule has 0 unspecified atom stereocenters. The highest BCUT2D eigenvalue weighted by Crippen LogP contribution is 2.13. The summed E-state index contributed by atoms with van der Waals surface area (Å²) in [6.07, 6.45) is -0.222. The summed E-state index contributed by atoms with van der Waals surface area (Å²) in [7, 11) is 0. The largest absolute Gasteiger partial charge is 0.459 e. The summed E-state index contributed by atoms with van der Waals surface area (Å²) in [6.45, 7) is 3.47. The van der Waals surface area contributed by atoms with Crippen molar-refractivity contribution in [2.75, 3.05) is 0 Å². The van der Waals surface area contributed by atoms with Gasteiger partial charge in [-0.3, -0.25) is 0 Å². The van der Waals surface area contributed by atoms with Gasteiger partial charge in [-0.05, 0) is 37.6 Å². The van der Waals surface area contributed by atoms with E-state index in [2.05, 4.69) is 0 Å². The van der Waals surface area contributed by atoms with E-state index in [0.717, 1.165) is 6.07 Å². The normalized spacial score (nSPS) is 10.5. The van der Waals surface area contributed by atoms with Crippen LogP contribution in [0.25, 0.3) is 0 Å². The molecule has 0 aromatic heterocycles. The van der Waals surface area contributed by atoms with Gasteiger partial charge < -0.3 is 4.74 Å². The van der Waals surface area contributed by atoms with Crippen molar-refractivity contribution < 1.29 is 13.9 Å². The molecule has 0 saturated heterocycles. The van der Waals surface area contributed by atoms with E-state index < -0.39 is 11.8 Å². The number of rotatable bonds is 3. The number of hydrogen-bond donors (Lipinski definition) is 0. The number of esters is 1. The van der Waals surface area contributed by atoms with E-state index >= 15 is 0 Å². The van der Waals surface area contributed by atoms with E-state index in [0.29, 0.717) is 5.56 Å². The molecular formula is C11H12ClFO2. The number of carbonyl (C=O) groups is 1. The van der Waals surface area contributed by atoms with Crippen molar-refractivity contribution in [3.63, 3.8) is 0 Å². The fourth-order valence-corrected chi connectivity index (χ4v) is 1.28. The molecule has 1 rings (SSSR count). The monoisotopic (exact) mass is 230 g/mol. The predicted octanol–water partition coefficient (Wildman–Crippen LogP) is 3.13. The first-order valence-electron chi connectivity index (χ1n) is 4.59. The number of halogens is 2. The van der Waals surface area contributed by atoms with Crippen LogP contribution in [0.1, 0.15) is 29.8 Å². The lowest BCUT2D eigenvalue weighted by molar-refractivity contribution is 0.0377. The minimum Gasteiger partial charge on any atom is -0.459 e. The minimum absolute atomic E-state index is 0.166. The molecule has 1 aromatic rings. The van der Waals surface area contributed by atoms with Crippen LogP contribution in [-0.4, -0.2) is 12.1 Å². The van der Waals surface area contributed by atoms with Crippen molar-refractivity contribution >= 4 is 17.6 Å². The molecular weight excluding hydrogens is 219 g/mol. The predicted molar refractivity (Wildman–Crippen MR) is 56.5 cm³/mol. The van der Waals surface area contributed by atoms with Gasteiger partial charge in [0.15, 0.2) is 0 Å². The Morgan fingerprint density at radius 1 is 1.47 bits per heavy atom. The lowest BCUT2D eigenvalue weighted by atomic mass is 10.1. The molecule has 0 bridgehead atoms. The topological polar surface area (TPSA) is 26.3 Å². The summed E-state index contributed by atoms with van der Waals surface area (Å²) in [6, 6.07) is 3.96. The molecule has 0 heterocycles. The summed E-state index contributed by atoms with van der Waals surface area (Å²) in [5.74, 6) is -0.848. The van der Waals surface area contributed by atoms with Crippen molar-refractivity contribution in [3.8, 4) is 0 Å². The van der Waals surface area contributed by atoms with Crippen LogP contribution >= 0.6 is 11.6 Å². The number of ether oxygens (including phenoxy) is 1. The summed E-state index contributed by atoms with van der Waals surface area (Å²) in [5, 5.41) is 0. The molecule has 0 amide bonds. The molecule has 0 saturated carbocycles. The summed E-state index contributed by atoms with van der Waals surface area (Å²) in [5.41, 5.74) is 0.756. The van der Waals surface area contributed by atoms with Crippen LogP contribution in [0.3, 0.4) is 0 Å². The molecule has 0 N–H and O–H groups in total. The first kappa shape index (κ1) is 12.0. The molecule has 82 valence electrons. The Morgan fingerprint density at radius 2 is 2.13 bits per heavy atom. The number of alkyl halides is 1. The zero-order chi connectivity index (χ0) is 11.4. The summed E-state index contributed by atoms with van der Waals surface area (Å²) >= 11 is 5.56. The quantitative estimate of drug-likeness (QED) is 0.589. The van der Waals surface area contributed by atoms with E-state index in [4.69, 9.17) is 16.3 Å². The zero-order valence-corrected chi connectivity index (χ0v) is 9.34. The van der Waals surface area contributed by atoms with Crippen molar-refractivity contribution in [2.45, 2.75) is 25.8 Å². The van der Waals surface area contributed by atoms with Crippen LogP contribution in [0, 0.1) is 5.82 Å². The van der Waals surface area contributed by atoms with Crippen molar-refractivity contribution in [1.29, 1.82) is 0 Å². The van der Waals surface area contributed by atoms with Crippen LogP contribution in [-0.2, 0) is 10.6 Å². The number of carbonyl (C=O) groups excluding carboxylic acids is 1. The van der Waals surface area contributed by atoms with Gasteiger partial charge in [0.25, 0.3) is 0 Å². The van der Waals surface area contributed by atoms with Gasteiger partial charge in [0, 0.05) is 5.88 Å². The fourth-order valence-electron chi connectivity index (χ4n) is 1.13. The summed E-state index contributed by atoms with van der Waals surface area (Å²) < 4.78 is 18.0. The highest BCUT2D eigenvalue weighted by atomic mass is 35.5. The van der Waals surface area contributed by atoms with Gasteiger partial charge in [-0.1, -0.05) is 0 Å². The second kappa shape index (κ2) is 5.12. The van der Waals surface area contributed by atoms with Crippen molar-refractivity contribution in [1.82, 2.24) is 0 Å². The van der Waals surface area contributed by atoms with Crippen LogP contribution in [0.15, 0.2) is 18.2 Å². The average molecular weight is 231 g/mol. The smallest absolute Gasteiger partial charge is 0.338 e. The maximum Gasteiger partial charge on any atom is 0.338 e. The first-order valence-corrected chi connectivity index (χ1v) is 5.13. The molecule has 4 heteroatoms. The molecule has 0 aliphatic rings. The third-order valence-electron chi connectivity index (χ3n) is 1.69. The molecule has 15 heavy (non-hydrogen) atoms. The molecule has 1 aromatic carbocycles. The Bertz CT molecular complexity index is 364. The summed E-state index contributed by atoms with van der Waals surface area (Å²) in [4.78, 5) is 11.4. The molecule has 0 fully saturated rings. The lowest BCUT2D eigenvalue weighted by Gasteiger charge is -2.08. The maximum atomic E-state index is 13.0. The zero-order valence-electron chi connectivity index (χ0n) is 8.59. The third-order valence-corrected chi connectivity index (χ3v) is 2.00.